The van der Waals surface area contributed by atoms with E-state index >= 15 is 0 Å². The molecule has 0 spiro atoms. The summed E-state index contributed by atoms with van der Waals surface area (Å²) in [5.74, 6) is 0. The van der Waals surface area contributed by atoms with Crippen LogP contribution in [0.4, 0.5) is 5.69 Å². The van der Waals surface area contributed by atoms with Crippen molar-refractivity contribution in [1.29, 1.82) is 0 Å². The lowest BCUT2D eigenvalue weighted by atomic mass is 10.2. The molecule has 1 saturated heterocycles. The fourth-order valence-electron chi connectivity index (χ4n) is 3.06. The van der Waals surface area contributed by atoms with E-state index in [1.54, 1.807) is 12.1 Å². The fraction of sp³-hybridized carbons (Fsp3) is 0.368. The lowest BCUT2D eigenvalue weighted by molar-refractivity contribution is 0.424. The first kappa shape index (κ1) is 19.9. The van der Waals surface area contributed by atoms with Crippen molar-refractivity contribution in [2.24, 2.45) is 0 Å². The molecule has 1 heterocycles. The van der Waals surface area contributed by atoms with E-state index in [1.807, 2.05) is 6.92 Å². The molecule has 146 valence electrons. The standard InChI is InChI=1S/C19H24N2O4S2/c1-16-6-10-18(11-7-16)26(22,23)20-17-8-12-19(13-9-17)27(24,25)21-14-4-2-3-5-15-21/h6-13,20H,2-5,14-15H2,1H3. The maximum absolute atomic E-state index is 12.8. The molecule has 1 fully saturated rings. The summed E-state index contributed by atoms with van der Waals surface area (Å²) in [7, 11) is -7.26. The first-order valence-electron chi connectivity index (χ1n) is 8.99. The molecule has 0 unspecified atom stereocenters. The molecule has 2 aromatic carbocycles. The third-order valence-corrected chi connectivity index (χ3v) is 7.95. The highest BCUT2D eigenvalue weighted by molar-refractivity contribution is 7.92. The molecular weight excluding hydrogens is 384 g/mol. The molecule has 0 aliphatic carbocycles. The number of nitrogens with one attached hydrogen (secondary N) is 1. The van der Waals surface area contributed by atoms with Gasteiger partial charge in [0.2, 0.25) is 10.0 Å². The molecular formula is C19H24N2O4S2. The Labute approximate surface area is 161 Å². The Hall–Kier alpha value is -1.90. The van der Waals surface area contributed by atoms with Crippen LogP contribution >= 0.6 is 0 Å². The van der Waals surface area contributed by atoms with Crippen LogP contribution in [0.15, 0.2) is 58.3 Å². The van der Waals surface area contributed by atoms with Gasteiger partial charge in [0.1, 0.15) is 0 Å². The summed E-state index contributed by atoms with van der Waals surface area (Å²) in [6, 6.07) is 12.4. The zero-order chi connectivity index (χ0) is 19.5. The smallest absolute Gasteiger partial charge is 0.261 e. The third kappa shape index (κ3) is 4.69. The van der Waals surface area contributed by atoms with E-state index in [9.17, 15) is 16.8 Å². The molecule has 0 aromatic heterocycles. The first-order chi connectivity index (χ1) is 12.8. The Bertz CT molecular complexity index is 975. The van der Waals surface area contributed by atoms with E-state index in [2.05, 4.69) is 4.72 Å². The van der Waals surface area contributed by atoms with E-state index in [0.29, 0.717) is 18.8 Å². The van der Waals surface area contributed by atoms with Crippen LogP contribution in [0, 0.1) is 6.92 Å². The molecule has 6 nitrogen and oxygen atoms in total. The minimum absolute atomic E-state index is 0.161. The van der Waals surface area contributed by atoms with Gasteiger partial charge >= 0.3 is 0 Å². The van der Waals surface area contributed by atoms with Crippen LogP contribution in [0.1, 0.15) is 31.2 Å². The molecule has 0 saturated carbocycles. The highest BCUT2D eigenvalue weighted by Crippen LogP contribution is 2.23. The van der Waals surface area contributed by atoms with Crippen molar-refractivity contribution in [3.05, 3.63) is 54.1 Å². The van der Waals surface area contributed by atoms with Crippen molar-refractivity contribution >= 4 is 25.7 Å². The normalized spacial score (nSPS) is 16.6. The maximum Gasteiger partial charge on any atom is 0.261 e. The Balaban J connectivity index is 1.77. The van der Waals surface area contributed by atoms with Gasteiger partial charge in [-0.05, 0) is 56.2 Å². The molecule has 0 radical (unpaired) electrons. The van der Waals surface area contributed by atoms with Crippen molar-refractivity contribution in [3.8, 4) is 0 Å². The van der Waals surface area contributed by atoms with Crippen LogP contribution in [-0.2, 0) is 20.0 Å². The van der Waals surface area contributed by atoms with Gasteiger partial charge in [-0.3, -0.25) is 4.72 Å². The second-order valence-electron chi connectivity index (χ2n) is 6.76. The van der Waals surface area contributed by atoms with Crippen LogP contribution in [0.2, 0.25) is 0 Å². The lowest BCUT2D eigenvalue weighted by Gasteiger charge is -2.20. The Morgan fingerprint density at radius 1 is 0.741 bits per heavy atom. The topological polar surface area (TPSA) is 83.5 Å². The minimum Gasteiger partial charge on any atom is -0.280 e. The number of aryl methyl sites for hydroxylation is 1. The summed E-state index contributed by atoms with van der Waals surface area (Å²) < 4.78 is 54.4. The molecule has 1 aliphatic rings. The zero-order valence-electron chi connectivity index (χ0n) is 15.3. The van der Waals surface area contributed by atoms with Gasteiger partial charge in [-0.15, -0.1) is 0 Å². The van der Waals surface area contributed by atoms with E-state index in [0.717, 1.165) is 31.2 Å². The maximum atomic E-state index is 12.8. The molecule has 0 bridgehead atoms. The predicted octanol–water partition coefficient (Wildman–Crippen LogP) is 3.36. The number of sulfonamides is 2. The largest absolute Gasteiger partial charge is 0.280 e. The number of hydrogen-bond acceptors (Lipinski definition) is 4. The van der Waals surface area contributed by atoms with Gasteiger partial charge in [0.05, 0.1) is 9.79 Å². The van der Waals surface area contributed by atoms with Gasteiger partial charge in [0.25, 0.3) is 10.0 Å². The highest BCUT2D eigenvalue weighted by atomic mass is 32.2. The van der Waals surface area contributed by atoms with Crippen LogP contribution in [0.25, 0.3) is 0 Å². The number of rotatable bonds is 5. The van der Waals surface area contributed by atoms with Gasteiger partial charge in [-0.1, -0.05) is 30.5 Å². The molecule has 0 atom stereocenters. The number of anilines is 1. The lowest BCUT2D eigenvalue weighted by Crippen LogP contribution is -2.31. The van der Waals surface area contributed by atoms with Crippen LogP contribution in [0.5, 0.6) is 0 Å². The summed E-state index contributed by atoms with van der Waals surface area (Å²) in [4.78, 5) is 0.344. The van der Waals surface area contributed by atoms with Gasteiger partial charge in [-0.25, -0.2) is 16.8 Å². The van der Waals surface area contributed by atoms with Crippen LogP contribution in [0.3, 0.4) is 0 Å². The third-order valence-electron chi connectivity index (χ3n) is 4.64. The molecule has 1 aliphatic heterocycles. The summed E-state index contributed by atoms with van der Waals surface area (Å²) in [6.07, 6.45) is 3.83. The Kier molecular flexibility index (Phi) is 5.88. The molecule has 1 N–H and O–H groups in total. The van der Waals surface area contributed by atoms with Gasteiger partial charge < -0.3 is 0 Å². The molecule has 3 rings (SSSR count). The van der Waals surface area contributed by atoms with Crippen molar-refractivity contribution in [2.75, 3.05) is 17.8 Å². The van der Waals surface area contributed by atoms with E-state index in [-0.39, 0.29) is 9.79 Å². The van der Waals surface area contributed by atoms with Crippen molar-refractivity contribution in [2.45, 2.75) is 42.4 Å². The van der Waals surface area contributed by atoms with Gasteiger partial charge in [0, 0.05) is 18.8 Å². The SMILES string of the molecule is Cc1ccc(S(=O)(=O)Nc2ccc(S(=O)(=O)N3CCCCCC3)cc2)cc1. The highest BCUT2D eigenvalue weighted by Gasteiger charge is 2.25. The average Bonchev–Trinajstić information content (AvgIpc) is 2.92. The molecule has 27 heavy (non-hydrogen) atoms. The second kappa shape index (κ2) is 8.00. The number of benzene rings is 2. The van der Waals surface area contributed by atoms with Crippen LogP contribution in [-0.4, -0.2) is 34.2 Å². The van der Waals surface area contributed by atoms with Gasteiger partial charge in [-0.2, -0.15) is 4.31 Å². The van der Waals surface area contributed by atoms with E-state index in [1.165, 1.54) is 40.7 Å². The average molecular weight is 409 g/mol. The zero-order valence-corrected chi connectivity index (χ0v) is 16.9. The second-order valence-corrected chi connectivity index (χ2v) is 10.4. The predicted molar refractivity (Wildman–Crippen MR) is 106 cm³/mol. The van der Waals surface area contributed by atoms with E-state index in [4.69, 9.17) is 0 Å². The molecule has 0 amide bonds. The Morgan fingerprint density at radius 2 is 1.26 bits per heavy atom. The minimum atomic E-state index is -3.71. The van der Waals surface area contributed by atoms with Crippen molar-refractivity contribution in [1.82, 2.24) is 4.31 Å². The summed E-state index contributed by atoms with van der Waals surface area (Å²) >= 11 is 0. The summed E-state index contributed by atoms with van der Waals surface area (Å²) in [5.41, 5.74) is 1.29. The summed E-state index contributed by atoms with van der Waals surface area (Å²) in [6.45, 7) is 2.95. The molecule has 8 heteroatoms. The van der Waals surface area contributed by atoms with E-state index < -0.39 is 20.0 Å². The molecule has 2 aromatic rings. The van der Waals surface area contributed by atoms with Gasteiger partial charge in [0.15, 0.2) is 0 Å². The number of nitrogens with zero attached hydrogens (tertiary/aromatic N) is 1. The number of hydrogen-bond donors (Lipinski definition) is 1. The monoisotopic (exact) mass is 408 g/mol. The fourth-order valence-corrected chi connectivity index (χ4v) is 5.63. The van der Waals surface area contributed by atoms with Crippen molar-refractivity contribution < 1.29 is 16.8 Å². The summed E-state index contributed by atoms with van der Waals surface area (Å²) in [5, 5.41) is 0. The van der Waals surface area contributed by atoms with Crippen molar-refractivity contribution in [3.63, 3.8) is 0 Å². The first-order valence-corrected chi connectivity index (χ1v) is 11.9. The quantitative estimate of drug-likeness (QED) is 0.822. The van der Waals surface area contributed by atoms with Crippen LogP contribution < -0.4 is 4.72 Å². The Morgan fingerprint density at radius 3 is 1.81 bits per heavy atom.